The van der Waals surface area contributed by atoms with E-state index in [0.717, 1.165) is 5.75 Å². The smallest absolute Gasteiger partial charge is 0.163 e. The summed E-state index contributed by atoms with van der Waals surface area (Å²) in [5.41, 5.74) is 0. The van der Waals surface area contributed by atoms with Gasteiger partial charge in [0.2, 0.25) is 0 Å². The van der Waals surface area contributed by atoms with E-state index in [1.54, 1.807) is 11.8 Å². The van der Waals surface area contributed by atoms with Gasteiger partial charge in [-0.05, 0) is 31.9 Å². The molecule has 1 aromatic carbocycles. The number of aliphatic hydroxyl groups excluding tert-OH is 1. The summed E-state index contributed by atoms with van der Waals surface area (Å²) in [7, 11) is 0. The van der Waals surface area contributed by atoms with Crippen molar-refractivity contribution in [3.8, 4) is 0 Å². The molecule has 5 atom stereocenters. The molecule has 0 aliphatic carbocycles. The van der Waals surface area contributed by atoms with Crippen LogP contribution in [0.1, 0.15) is 20.8 Å². The second-order valence-corrected chi connectivity index (χ2v) is 7.60. The standard InChI is InChI=1S/C17H24O4S/c1-11-13(10-22-12-7-5-4-6-8-12)16(18)20-15(11)14-9-19-17(2,3)21-14/h4-8,11,13-16,18H,9-10H2,1-3H3. The van der Waals surface area contributed by atoms with Gasteiger partial charge in [-0.15, -0.1) is 11.8 Å². The van der Waals surface area contributed by atoms with Crippen LogP contribution in [-0.4, -0.2) is 41.8 Å². The van der Waals surface area contributed by atoms with Crippen LogP contribution in [0.3, 0.4) is 0 Å². The van der Waals surface area contributed by atoms with E-state index >= 15 is 0 Å². The highest BCUT2D eigenvalue weighted by atomic mass is 32.2. The highest BCUT2D eigenvalue weighted by Gasteiger charge is 2.48. The van der Waals surface area contributed by atoms with E-state index in [4.69, 9.17) is 14.2 Å². The Morgan fingerprint density at radius 3 is 2.64 bits per heavy atom. The number of hydrogen-bond acceptors (Lipinski definition) is 5. The summed E-state index contributed by atoms with van der Waals surface area (Å²) in [4.78, 5) is 1.21. The first-order chi connectivity index (χ1) is 10.5. The fourth-order valence-electron chi connectivity index (χ4n) is 3.14. The minimum Gasteiger partial charge on any atom is -0.368 e. The van der Waals surface area contributed by atoms with Gasteiger partial charge in [0.05, 0.1) is 12.7 Å². The van der Waals surface area contributed by atoms with Crippen LogP contribution in [0.2, 0.25) is 0 Å². The first-order valence-electron chi connectivity index (χ1n) is 7.79. The zero-order chi connectivity index (χ0) is 15.7. The minimum absolute atomic E-state index is 0.0996. The molecule has 0 radical (unpaired) electrons. The van der Waals surface area contributed by atoms with Gasteiger partial charge in [0.25, 0.3) is 0 Å². The molecule has 22 heavy (non-hydrogen) atoms. The van der Waals surface area contributed by atoms with Gasteiger partial charge in [-0.1, -0.05) is 25.1 Å². The van der Waals surface area contributed by atoms with Crippen LogP contribution >= 0.6 is 11.8 Å². The Morgan fingerprint density at radius 2 is 2.00 bits per heavy atom. The van der Waals surface area contributed by atoms with Gasteiger partial charge in [-0.3, -0.25) is 0 Å². The van der Waals surface area contributed by atoms with Gasteiger partial charge >= 0.3 is 0 Å². The normalized spacial score (nSPS) is 37.5. The minimum atomic E-state index is -0.733. The van der Waals surface area contributed by atoms with Gasteiger partial charge in [0.15, 0.2) is 12.1 Å². The Bertz CT molecular complexity index is 493. The molecule has 4 nitrogen and oxygen atoms in total. The van der Waals surface area contributed by atoms with Crippen LogP contribution in [0, 0.1) is 11.8 Å². The molecule has 3 rings (SSSR count). The fraction of sp³-hybridized carbons (Fsp3) is 0.647. The van der Waals surface area contributed by atoms with Crippen molar-refractivity contribution in [3.63, 3.8) is 0 Å². The zero-order valence-electron chi connectivity index (χ0n) is 13.3. The van der Waals surface area contributed by atoms with Gasteiger partial charge in [-0.25, -0.2) is 0 Å². The Hall–Kier alpha value is -0.590. The molecule has 1 aromatic rings. The SMILES string of the molecule is CC1C(CSc2ccccc2)C(O)OC1C1COC(C)(C)O1. The number of thioether (sulfide) groups is 1. The molecule has 122 valence electrons. The molecule has 1 N–H and O–H groups in total. The zero-order valence-corrected chi connectivity index (χ0v) is 14.1. The summed E-state index contributed by atoms with van der Waals surface area (Å²) in [6.07, 6.45) is -0.951. The molecular formula is C17H24O4S. The number of benzene rings is 1. The van der Waals surface area contributed by atoms with E-state index in [0.29, 0.717) is 6.61 Å². The largest absolute Gasteiger partial charge is 0.368 e. The lowest BCUT2D eigenvalue weighted by Crippen LogP contribution is -2.35. The Morgan fingerprint density at radius 1 is 1.27 bits per heavy atom. The maximum absolute atomic E-state index is 10.3. The van der Waals surface area contributed by atoms with Crippen LogP contribution in [0.15, 0.2) is 35.2 Å². The monoisotopic (exact) mass is 324 g/mol. The summed E-state index contributed by atoms with van der Waals surface area (Å²) in [5.74, 6) is 0.603. The van der Waals surface area contributed by atoms with E-state index < -0.39 is 12.1 Å². The van der Waals surface area contributed by atoms with E-state index in [2.05, 4.69) is 19.1 Å². The van der Waals surface area contributed by atoms with Crippen LogP contribution in [-0.2, 0) is 14.2 Å². The molecule has 0 amide bonds. The molecule has 2 heterocycles. The molecule has 5 unspecified atom stereocenters. The average molecular weight is 324 g/mol. The van der Waals surface area contributed by atoms with Crippen LogP contribution in [0.4, 0.5) is 0 Å². The van der Waals surface area contributed by atoms with E-state index in [1.807, 2.05) is 32.0 Å². The molecule has 2 aliphatic rings. The number of ether oxygens (including phenoxy) is 3. The summed E-state index contributed by atoms with van der Waals surface area (Å²) in [6, 6.07) is 10.2. The topological polar surface area (TPSA) is 47.9 Å². The lowest BCUT2D eigenvalue weighted by atomic mass is 9.91. The van der Waals surface area contributed by atoms with Crippen molar-refractivity contribution in [1.82, 2.24) is 0 Å². The highest BCUT2D eigenvalue weighted by Crippen LogP contribution is 2.40. The molecule has 0 aromatic heterocycles. The van der Waals surface area contributed by atoms with Crippen molar-refractivity contribution in [3.05, 3.63) is 30.3 Å². The van der Waals surface area contributed by atoms with Crippen molar-refractivity contribution >= 4 is 11.8 Å². The Labute approximate surface area is 136 Å². The third-order valence-electron chi connectivity index (χ3n) is 4.44. The number of rotatable bonds is 4. The molecule has 2 saturated heterocycles. The van der Waals surface area contributed by atoms with Crippen molar-refractivity contribution < 1.29 is 19.3 Å². The van der Waals surface area contributed by atoms with Gasteiger partial charge in [0, 0.05) is 16.6 Å². The second kappa shape index (κ2) is 6.49. The molecule has 0 bridgehead atoms. The van der Waals surface area contributed by atoms with Gasteiger partial charge in [0.1, 0.15) is 6.10 Å². The highest BCUT2D eigenvalue weighted by molar-refractivity contribution is 7.99. The first kappa shape index (κ1) is 16.3. The summed E-state index contributed by atoms with van der Waals surface area (Å²) >= 11 is 1.76. The van der Waals surface area contributed by atoms with Crippen molar-refractivity contribution in [2.45, 2.75) is 50.0 Å². The Kier molecular flexibility index (Phi) is 4.80. The molecule has 0 saturated carbocycles. The average Bonchev–Trinajstić information content (AvgIpc) is 2.98. The second-order valence-electron chi connectivity index (χ2n) is 6.51. The van der Waals surface area contributed by atoms with Crippen molar-refractivity contribution in [2.75, 3.05) is 12.4 Å². The molecule has 2 aliphatic heterocycles. The maximum Gasteiger partial charge on any atom is 0.163 e. The van der Waals surface area contributed by atoms with E-state index in [-0.39, 0.29) is 24.0 Å². The van der Waals surface area contributed by atoms with Gasteiger partial charge in [-0.2, -0.15) is 0 Å². The van der Waals surface area contributed by atoms with Crippen molar-refractivity contribution in [2.24, 2.45) is 11.8 Å². The Balaban J connectivity index is 1.59. The summed E-state index contributed by atoms with van der Waals surface area (Å²) in [6.45, 7) is 6.47. The molecule has 2 fully saturated rings. The predicted molar refractivity (Wildman–Crippen MR) is 85.6 cm³/mol. The lowest BCUT2D eigenvalue weighted by Gasteiger charge is -2.24. The molecule has 0 spiro atoms. The van der Waals surface area contributed by atoms with Crippen molar-refractivity contribution in [1.29, 1.82) is 0 Å². The third kappa shape index (κ3) is 3.49. The lowest BCUT2D eigenvalue weighted by molar-refractivity contribution is -0.173. The summed E-state index contributed by atoms with van der Waals surface area (Å²) < 4.78 is 17.3. The molecule has 5 heteroatoms. The van der Waals surface area contributed by atoms with Crippen LogP contribution < -0.4 is 0 Å². The number of hydrogen-bond donors (Lipinski definition) is 1. The third-order valence-corrected chi connectivity index (χ3v) is 5.60. The van der Waals surface area contributed by atoms with Gasteiger partial charge < -0.3 is 19.3 Å². The predicted octanol–water partition coefficient (Wildman–Crippen LogP) is 2.90. The fourth-order valence-corrected chi connectivity index (χ4v) is 4.34. The van der Waals surface area contributed by atoms with E-state index in [1.165, 1.54) is 4.90 Å². The van der Waals surface area contributed by atoms with Crippen LogP contribution in [0.25, 0.3) is 0 Å². The quantitative estimate of drug-likeness (QED) is 0.863. The van der Waals surface area contributed by atoms with Crippen LogP contribution in [0.5, 0.6) is 0 Å². The number of aliphatic hydroxyl groups is 1. The summed E-state index contributed by atoms with van der Waals surface area (Å²) in [5, 5.41) is 10.3. The molecular weight excluding hydrogens is 300 g/mol. The maximum atomic E-state index is 10.3. The van der Waals surface area contributed by atoms with E-state index in [9.17, 15) is 5.11 Å². The first-order valence-corrected chi connectivity index (χ1v) is 8.78.